The third-order valence-corrected chi connectivity index (χ3v) is 6.96. The van der Waals surface area contributed by atoms with Crippen LogP contribution in [0.2, 0.25) is 0 Å². The van der Waals surface area contributed by atoms with Gasteiger partial charge in [0.25, 0.3) is 5.56 Å². The topological polar surface area (TPSA) is 56.7 Å². The molecule has 2 heterocycles. The number of aryl methyl sites for hydroxylation is 2. The van der Waals surface area contributed by atoms with Gasteiger partial charge in [-0.1, -0.05) is 42.3 Å². The van der Waals surface area contributed by atoms with Crippen LogP contribution in [0.1, 0.15) is 30.0 Å². The van der Waals surface area contributed by atoms with Gasteiger partial charge >= 0.3 is 0 Å². The predicted octanol–water partition coefficient (Wildman–Crippen LogP) is 3.80. The van der Waals surface area contributed by atoms with Gasteiger partial charge in [0.15, 0.2) is 0 Å². The summed E-state index contributed by atoms with van der Waals surface area (Å²) in [4.78, 5) is 15.6. The Morgan fingerprint density at radius 1 is 1.24 bits per heavy atom. The predicted molar refractivity (Wildman–Crippen MR) is 135 cm³/mol. The van der Waals surface area contributed by atoms with E-state index < -0.39 is 0 Å². The van der Waals surface area contributed by atoms with E-state index in [-0.39, 0.29) is 11.6 Å². The average Bonchev–Trinajstić information content (AvgIpc) is 3.42. The van der Waals surface area contributed by atoms with Crippen LogP contribution in [0.5, 0.6) is 0 Å². The first-order valence-electron chi connectivity index (χ1n) is 11.5. The number of para-hydroxylation sites is 1. The monoisotopic (exact) mass is 473 g/mol. The summed E-state index contributed by atoms with van der Waals surface area (Å²) in [6, 6.07) is 16.3. The van der Waals surface area contributed by atoms with Crippen LogP contribution in [0.15, 0.2) is 53.3 Å². The summed E-state index contributed by atoms with van der Waals surface area (Å²) in [6.07, 6.45) is 8.50. The summed E-state index contributed by atoms with van der Waals surface area (Å²) in [5.41, 5.74) is 3.37. The Balaban J connectivity index is 1.61. The SMILES string of the molecule is C#CCN(Cn1nc2n(CCCOC)c(=O)c3ccccc3n2c1=S)C1CCc2ccccc21. The van der Waals surface area contributed by atoms with Crippen LogP contribution < -0.4 is 5.56 Å². The fourth-order valence-electron chi connectivity index (χ4n) is 4.99. The van der Waals surface area contributed by atoms with Crippen molar-refractivity contribution in [1.82, 2.24) is 23.6 Å². The molecule has 0 saturated heterocycles. The van der Waals surface area contributed by atoms with Gasteiger partial charge < -0.3 is 4.74 Å². The van der Waals surface area contributed by atoms with E-state index >= 15 is 0 Å². The first-order valence-corrected chi connectivity index (χ1v) is 11.9. The van der Waals surface area contributed by atoms with Crippen molar-refractivity contribution in [2.75, 3.05) is 20.3 Å². The van der Waals surface area contributed by atoms with Gasteiger partial charge in [-0.3, -0.25) is 18.7 Å². The van der Waals surface area contributed by atoms with Crippen molar-refractivity contribution in [3.8, 4) is 12.3 Å². The molecule has 0 radical (unpaired) electrons. The highest BCUT2D eigenvalue weighted by molar-refractivity contribution is 7.71. The number of aromatic nitrogens is 4. The van der Waals surface area contributed by atoms with Gasteiger partial charge in [-0.25, -0.2) is 4.68 Å². The van der Waals surface area contributed by atoms with Crippen molar-refractivity contribution in [2.45, 2.75) is 38.5 Å². The zero-order chi connectivity index (χ0) is 23.7. The van der Waals surface area contributed by atoms with Crippen molar-refractivity contribution >= 4 is 28.9 Å². The normalized spacial score (nSPS) is 15.3. The molecule has 2 aromatic carbocycles. The highest BCUT2D eigenvalue weighted by Gasteiger charge is 2.28. The van der Waals surface area contributed by atoms with Crippen molar-refractivity contribution in [2.24, 2.45) is 0 Å². The van der Waals surface area contributed by atoms with Gasteiger partial charge in [-0.15, -0.1) is 11.5 Å². The zero-order valence-electron chi connectivity index (χ0n) is 19.2. The van der Waals surface area contributed by atoms with Crippen molar-refractivity contribution in [3.05, 3.63) is 74.8 Å². The van der Waals surface area contributed by atoms with Crippen LogP contribution in [0.25, 0.3) is 16.7 Å². The van der Waals surface area contributed by atoms with Crippen molar-refractivity contribution in [3.63, 3.8) is 0 Å². The van der Waals surface area contributed by atoms with Crippen LogP contribution >= 0.6 is 12.2 Å². The van der Waals surface area contributed by atoms with E-state index in [0.717, 1.165) is 18.4 Å². The minimum Gasteiger partial charge on any atom is -0.385 e. The maximum atomic E-state index is 13.3. The molecule has 0 fully saturated rings. The van der Waals surface area contributed by atoms with E-state index in [2.05, 4.69) is 35.1 Å². The molecule has 0 aliphatic heterocycles. The molecule has 0 spiro atoms. The lowest BCUT2D eigenvalue weighted by atomic mass is 10.1. The molecular weight excluding hydrogens is 446 g/mol. The highest BCUT2D eigenvalue weighted by Crippen LogP contribution is 2.35. The third kappa shape index (κ3) is 3.86. The zero-order valence-corrected chi connectivity index (χ0v) is 20.0. The van der Waals surface area contributed by atoms with Crippen molar-refractivity contribution in [1.29, 1.82) is 0 Å². The number of ether oxygens (including phenoxy) is 1. The number of hydrogen-bond acceptors (Lipinski definition) is 5. The number of rotatable bonds is 8. The average molecular weight is 474 g/mol. The number of benzene rings is 2. The van der Waals surface area contributed by atoms with Gasteiger partial charge in [-0.2, -0.15) is 0 Å². The van der Waals surface area contributed by atoms with E-state index in [1.807, 2.05) is 28.7 Å². The number of nitrogens with zero attached hydrogens (tertiary/aromatic N) is 5. The summed E-state index contributed by atoms with van der Waals surface area (Å²) >= 11 is 5.89. The summed E-state index contributed by atoms with van der Waals surface area (Å²) in [6.45, 7) is 1.99. The third-order valence-electron chi connectivity index (χ3n) is 6.57. The summed E-state index contributed by atoms with van der Waals surface area (Å²) in [5, 5.41) is 5.46. The molecule has 1 atom stereocenters. The molecule has 174 valence electrons. The summed E-state index contributed by atoms with van der Waals surface area (Å²) in [5.74, 6) is 3.35. The fraction of sp³-hybridized carbons (Fsp3) is 0.346. The molecule has 1 unspecified atom stereocenters. The van der Waals surface area contributed by atoms with E-state index in [1.54, 1.807) is 16.4 Å². The van der Waals surface area contributed by atoms with E-state index in [9.17, 15) is 4.79 Å². The lowest BCUT2D eigenvalue weighted by molar-refractivity contribution is 0.163. The number of terminal acetylenes is 1. The molecule has 1 aliphatic rings. The van der Waals surface area contributed by atoms with Crippen LogP contribution in [0.3, 0.4) is 0 Å². The number of fused-ring (bicyclic) bond motifs is 4. The maximum absolute atomic E-state index is 13.3. The molecule has 0 N–H and O–H groups in total. The van der Waals surface area contributed by atoms with Gasteiger partial charge in [0.2, 0.25) is 10.5 Å². The molecule has 34 heavy (non-hydrogen) atoms. The Kier molecular flexibility index (Phi) is 6.33. The van der Waals surface area contributed by atoms with Gasteiger partial charge in [0.05, 0.1) is 24.1 Å². The summed E-state index contributed by atoms with van der Waals surface area (Å²) < 4.78 is 11.1. The van der Waals surface area contributed by atoms with Crippen molar-refractivity contribution < 1.29 is 4.74 Å². The molecule has 4 aromatic rings. The van der Waals surface area contributed by atoms with Crippen LogP contribution in [-0.2, 0) is 24.4 Å². The van der Waals surface area contributed by atoms with Crippen LogP contribution in [0.4, 0.5) is 0 Å². The van der Waals surface area contributed by atoms with Crippen LogP contribution in [-0.4, -0.2) is 43.9 Å². The second-order valence-corrected chi connectivity index (χ2v) is 8.95. The molecule has 0 amide bonds. The highest BCUT2D eigenvalue weighted by atomic mass is 32.1. The molecule has 5 rings (SSSR count). The Labute approximate surface area is 203 Å². The second-order valence-electron chi connectivity index (χ2n) is 8.58. The lowest BCUT2D eigenvalue weighted by Gasteiger charge is -2.27. The Morgan fingerprint density at radius 3 is 2.85 bits per heavy atom. The largest absolute Gasteiger partial charge is 0.385 e. The summed E-state index contributed by atoms with van der Waals surface area (Å²) in [7, 11) is 1.66. The lowest BCUT2D eigenvalue weighted by Crippen LogP contribution is -2.31. The Hall–Kier alpha value is -3.25. The fourth-order valence-corrected chi connectivity index (χ4v) is 5.27. The molecule has 8 heteroatoms. The maximum Gasteiger partial charge on any atom is 0.262 e. The second kappa shape index (κ2) is 9.55. The first kappa shape index (κ1) is 22.5. The smallest absolute Gasteiger partial charge is 0.262 e. The Bertz CT molecular complexity index is 1510. The quantitative estimate of drug-likeness (QED) is 0.221. The standard InChI is InChI=1S/C26H27N5O2S/c1-3-15-28(22-14-13-19-9-4-5-10-20(19)22)18-30-26(34)31-23-12-7-6-11-21(23)24(32)29(25(31)27-30)16-8-17-33-2/h1,4-7,9-12,22H,8,13-18H2,2H3. The molecule has 1 aliphatic carbocycles. The molecule has 2 aromatic heterocycles. The first-order chi connectivity index (χ1) is 16.6. The minimum absolute atomic E-state index is 0.0726. The van der Waals surface area contributed by atoms with E-state index in [1.165, 1.54) is 11.1 Å². The van der Waals surface area contributed by atoms with Gasteiger partial charge in [0, 0.05) is 26.3 Å². The molecule has 7 nitrogen and oxygen atoms in total. The van der Waals surface area contributed by atoms with Gasteiger partial charge in [0.1, 0.15) is 0 Å². The molecule has 0 saturated carbocycles. The number of hydrogen-bond donors (Lipinski definition) is 0. The van der Waals surface area contributed by atoms with E-state index in [4.69, 9.17) is 28.5 Å². The molecular formula is C26H27N5O2S. The minimum atomic E-state index is -0.0726. The van der Waals surface area contributed by atoms with E-state index in [0.29, 0.717) is 48.7 Å². The number of methoxy groups -OCH3 is 1. The molecule has 0 bridgehead atoms. The van der Waals surface area contributed by atoms with Gasteiger partial charge in [-0.05, 0) is 54.7 Å². The van der Waals surface area contributed by atoms with Crippen LogP contribution in [0, 0.1) is 17.1 Å². The Morgan fingerprint density at radius 2 is 2.03 bits per heavy atom.